The second-order valence-electron chi connectivity index (χ2n) is 15.0. The first-order chi connectivity index (χ1) is 22.3. The van der Waals surface area contributed by atoms with Crippen LogP contribution in [-0.4, -0.2) is 41.6 Å². The molecule has 3 aliphatic rings. The minimum absolute atomic E-state index is 0.0532. The number of esters is 1. The first-order valence-electron chi connectivity index (χ1n) is 18.6. The van der Waals surface area contributed by atoms with Crippen LogP contribution in [0.15, 0.2) is 48.5 Å². The number of aliphatic hydroxyl groups excluding tert-OH is 1. The summed E-state index contributed by atoms with van der Waals surface area (Å²) in [6, 6.07) is 15.6. The summed E-state index contributed by atoms with van der Waals surface area (Å²) >= 11 is 0. The summed E-state index contributed by atoms with van der Waals surface area (Å²) in [5.74, 6) is 3.01. The highest BCUT2D eigenvalue weighted by molar-refractivity contribution is 5.91. The molecule has 5 nitrogen and oxygen atoms in total. The van der Waals surface area contributed by atoms with Crippen molar-refractivity contribution in [3.8, 4) is 5.75 Å². The molecule has 6 atom stereocenters. The van der Waals surface area contributed by atoms with E-state index in [1.165, 1.54) is 56.1 Å². The highest BCUT2D eigenvalue weighted by Gasteiger charge is 2.56. The number of ether oxygens (including phenoxy) is 1. The molecule has 0 saturated heterocycles. The van der Waals surface area contributed by atoms with Crippen molar-refractivity contribution in [1.29, 1.82) is 0 Å². The van der Waals surface area contributed by atoms with Crippen LogP contribution in [0.25, 0.3) is 0 Å². The fourth-order valence-corrected chi connectivity index (χ4v) is 9.28. The molecule has 0 heterocycles. The Balaban J connectivity index is 1.12. The van der Waals surface area contributed by atoms with E-state index in [0.29, 0.717) is 47.3 Å². The summed E-state index contributed by atoms with van der Waals surface area (Å²) < 4.78 is 5.84. The Labute approximate surface area is 278 Å². The van der Waals surface area contributed by atoms with Crippen molar-refractivity contribution in [3.05, 3.63) is 65.2 Å². The quantitative estimate of drug-likeness (QED) is 0.114. The molecule has 5 heteroatoms. The van der Waals surface area contributed by atoms with E-state index in [9.17, 15) is 14.7 Å². The lowest BCUT2D eigenvalue weighted by molar-refractivity contribution is -0.130. The fourth-order valence-electron chi connectivity index (χ4n) is 9.28. The molecule has 2 saturated carbocycles. The first kappa shape index (κ1) is 34.7. The van der Waals surface area contributed by atoms with Gasteiger partial charge in [-0.15, -0.1) is 0 Å². The fraction of sp³-hybridized carbons (Fsp3) is 0.659. The number of nitrogens with zero attached hydrogens (tertiary/aromatic N) is 1. The second kappa shape index (κ2) is 16.4. The maximum absolute atomic E-state index is 12.8. The average Bonchev–Trinajstić information content (AvgIpc) is 3.37. The minimum Gasteiger partial charge on any atom is -0.423 e. The predicted molar refractivity (Wildman–Crippen MR) is 186 cm³/mol. The maximum atomic E-state index is 12.8. The average molecular weight is 630 g/mol. The molecule has 252 valence electrons. The van der Waals surface area contributed by atoms with Gasteiger partial charge in [-0.2, -0.15) is 0 Å². The van der Waals surface area contributed by atoms with Crippen LogP contribution >= 0.6 is 0 Å². The van der Waals surface area contributed by atoms with Gasteiger partial charge < -0.3 is 14.7 Å². The highest BCUT2D eigenvalue weighted by Crippen LogP contribution is 2.62. The number of aliphatic hydroxyl groups is 1. The zero-order chi connectivity index (χ0) is 32.5. The molecule has 0 aromatic heterocycles. The normalized spacial score (nSPS) is 26.6. The van der Waals surface area contributed by atoms with Gasteiger partial charge in [-0.3, -0.25) is 4.79 Å². The van der Waals surface area contributed by atoms with Crippen molar-refractivity contribution in [2.24, 2.45) is 23.2 Å². The van der Waals surface area contributed by atoms with E-state index >= 15 is 0 Å². The SMILES string of the molecule is CCCCN(C)C(=O)CCCCCCCCCC[C@@H]1Cc2cc(OC(=O)c3ccccc3)ccc2C2CC[C@@]3(C)C(CC[C@@H]3O)C21. The van der Waals surface area contributed by atoms with E-state index in [2.05, 4.69) is 26.0 Å². The lowest BCUT2D eigenvalue weighted by Crippen LogP contribution is -2.47. The van der Waals surface area contributed by atoms with Crippen LogP contribution in [0.3, 0.4) is 0 Å². The molecular formula is C41H59NO4. The van der Waals surface area contributed by atoms with Crippen molar-refractivity contribution in [2.75, 3.05) is 13.6 Å². The number of carbonyl (C=O) groups is 2. The smallest absolute Gasteiger partial charge is 0.343 e. The van der Waals surface area contributed by atoms with E-state index in [1.54, 1.807) is 12.1 Å². The topological polar surface area (TPSA) is 66.8 Å². The molecule has 0 spiro atoms. The molecule has 2 aromatic carbocycles. The predicted octanol–water partition coefficient (Wildman–Crippen LogP) is 9.51. The van der Waals surface area contributed by atoms with E-state index in [-0.39, 0.29) is 17.5 Å². The van der Waals surface area contributed by atoms with Gasteiger partial charge in [0, 0.05) is 20.0 Å². The Morgan fingerprint density at radius 2 is 1.63 bits per heavy atom. The van der Waals surface area contributed by atoms with Crippen LogP contribution in [-0.2, 0) is 11.2 Å². The van der Waals surface area contributed by atoms with E-state index < -0.39 is 0 Å². The molecule has 0 radical (unpaired) electrons. The number of hydrogen-bond acceptors (Lipinski definition) is 4. The monoisotopic (exact) mass is 629 g/mol. The van der Waals surface area contributed by atoms with Gasteiger partial charge in [0.05, 0.1) is 11.7 Å². The second-order valence-corrected chi connectivity index (χ2v) is 15.0. The number of fused-ring (bicyclic) bond motifs is 5. The van der Waals surface area contributed by atoms with Gasteiger partial charge in [-0.25, -0.2) is 4.79 Å². The third kappa shape index (κ3) is 8.24. The van der Waals surface area contributed by atoms with Crippen molar-refractivity contribution in [2.45, 2.75) is 135 Å². The van der Waals surface area contributed by atoms with Crippen molar-refractivity contribution >= 4 is 11.9 Å². The maximum Gasteiger partial charge on any atom is 0.343 e. The van der Waals surface area contributed by atoms with Crippen molar-refractivity contribution < 1.29 is 19.4 Å². The molecule has 46 heavy (non-hydrogen) atoms. The molecule has 2 fully saturated rings. The molecule has 5 rings (SSSR count). The Bertz CT molecular complexity index is 1280. The van der Waals surface area contributed by atoms with Crippen LogP contribution in [0.5, 0.6) is 5.75 Å². The molecule has 1 amide bonds. The minimum atomic E-state index is -0.303. The lowest BCUT2D eigenvalue weighted by Gasteiger charge is -2.53. The van der Waals surface area contributed by atoms with E-state index in [4.69, 9.17) is 4.74 Å². The van der Waals surface area contributed by atoms with Crippen molar-refractivity contribution in [1.82, 2.24) is 4.90 Å². The van der Waals surface area contributed by atoms with Crippen LogP contribution < -0.4 is 4.74 Å². The van der Waals surface area contributed by atoms with Crippen LogP contribution in [0.2, 0.25) is 0 Å². The summed E-state index contributed by atoms with van der Waals surface area (Å²) in [6.07, 6.45) is 19.2. The van der Waals surface area contributed by atoms with Crippen LogP contribution in [0.4, 0.5) is 0 Å². The Kier molecular flexibility index (Phi) is 12.4. The van der Waals surface area contributed by atoms with E-state index in [1.807, 2.05) is 36.2 Å². The lowest BCUT2D eigenvalue weighted by atomic mass is 9.52. The largest absolute Gasteiger partial charge is 0.423 e. The number of rotatable bonds is 16. The molecule has 3 unspecified atom stereocenters. The van der Waals surface area contributed by atoms with E-state index in [0.717, 1.165) is 64.3 Å². The molecule has 2 aromatic rings. The van der Waals surface area contributed by atoms with Crippen molar-refractivity contribution in [3.63, 3.8) is 0 Å². The Hall–Kier alpha value is -2.66. The van der Waals surface area contributed by atoms with Gasteiger partial charge in [0.25, 0.3) is 0 Å². The number of carbonyl (C=O) groups excluding carboxylic acids is 2. The van der Waals surface area contributed by atoms with Gasteiger partial charge >= 0.3 is 5.97 Å². The summed E-state index contributed by atoms with van der Waals surface area (Å²) in [5, 5.41) is 11.0. The summed E-state index contributed by atoms with van der Waals surface area (Å²) in [6.45, 7) is 5.42. The molecule has 3 aliphatic carbocycles. The Morgan fingerprint density at radius 3 is 2.37 bits per heavy atom. The van der Waals surface area contributed by atoms with Crippen LogP contribution in [0.1, 0.15) is 144 Å². The third-order valence-electron chi connectivity index (χ3n) is 12.0. The Morgan fingerprint density at radius 1 is 0.913 bits per heavy atom. The number of unbranched alkanes of at least 4 members (excludes halogenated alkanes) is 8. The molecule has 0 aliphatic heterocycles. The van der Waals surface area contributed by atoms with Crippen LogP contribution in [0, 0.1) is 23.2 Å². The zero-order valence-corrected chi connectivity index (χ0v) is 28.9. The molecule has 1 N–H and O–H groups in total. The molecule has 0 bridgehead atoms. The zero-order valence-electron chi connectivity index (χ0n) is 28.9. The number of hydrogen-bond donors (Lipinski definition) is 1. The van der Waals surface area contributed by atoms with Gasteiger partial charge in [-0.1, -0.05) is 89.5 Å². The number of benzene rings is 2. The van der Waals surface area contributed by atoms with Gasteiger partial charge in [0.2, 0.25) is 5.91 Å². The number of amides is 1. The van der Waals surface area contributed by atoms with Gasteiger partial charge in [0.1, 0.15) is 5.75 Å². The molecular weight excluding hydrogens is 570 g/mol. The third-order valence-corrected chi connectivity index (χ3v) is 12.0. The standard InChI is InChI=1S/C41H59NO4/c1-4-5-27-42(3)38(44)20-16-11-9-7-6-8-10-13-19-31-28-32-29-33(46-40(45)30-17-14-12-15-18-30)21-22-34(32)35-25-26-41(2)36(39(31)35)23-24-37(41)43/h12,14-15,17-18,21-22,29,31,35-37,39,43H,4-11,13,16,19-20,23-28H2,1-3H3/t31-,35?,36?,37+,39?,41+/m1/s1. The van der Waals surface area contributed by atoms with Gasteiger partial charge in [-0.05, 0) is 116 Å². The van der Waals surface area contributed by atoms with Gasteiger partial charge in [0.15, 0.2) is 0 Å². The summed E-state index contributed by atoms with van der Waals surface area (Å²) in [4.78, 5) is 26.9. The highest BCUT2D eigenvalue weighted by atomic mass is 16.5. The summed E-state index contributed by atoms with van der Waals surface area (Å²) in [7, 11) is 1.94. The first-order valence-corrected chi connectivity index (χ1v) is 18.6. The summed E-state index contributed by atoms with van der Waals surface area (Å²) in [5.41, 5.74) is 3.45.